The molecule has 2 heterocycles. The lowest BCUT2D eigenvalue weighted by Gasteiger charge is -2.35. The van der Waals surface area contributed by atoms with E-state index in [1.54, 1.807) is 13.8 Å². The highest BCUT2D eigenvalue weighted by atomic mass is 16.8. The minimum absolute atomic E-state index is 0.169. The molecule has 1 spiro atoms. The van der Waals surface area contributed by atoms with Crippen molar-refractivity contribution >= 4 is 0 Å². The van der Waals surface area contributed by atoms with Gasteiger partial charge in [0.15, 0.2) is 11.6 Å². The van der Waals surface area contributed by atoms with Gasteiger partial charge in [0, 0.05) is 12.8 Å². The fraction of sp³-hybridized carbons (Fsp3) is 1.00. The molecule has 2 saturated heterocycles. The molecule has 3 rings (SSSR count). The van der Waals surface area contributed by atoms with Gasteiger partial charge in [-0.3, -0.25) is 0 Å². The first-order chi connectivity index (χ1) is 10.4. The summed E-state index contributed by atoms with van der Waals surface area (Å²) < 4.78 is 23.5. The molecule has 0 aromatic rings. The van der Waals surface area contributed by atoms with Crippen LogP contribution in [0.2, 0.25) is 0 Å². The van der Waals surface area contributed by atoms with Gasteiger partial charge in [-0.15, -0.1) is 0 Å². The third-order valence-corrected chi connectivity index (χ3v) is 4.73. The van der Waals surface area contributed by atoms with Crippen LogP contribution in [0.1, 0.15) is 52.4 Å². The summed E-state index contributed by atoms with van der Waals surface area (Å²) in [5.41, 5.74) is 0. The Labute approximate surface area is 131 Å². The summed E-state index contributed by atoms with van der Waals surface area (Å²) >= 11 is 0. The summed E-state index contributed by atoms with van der Waals surface area (Å²) in [5, 5.41) is 19.8. The molecule has 6 heteroatoms. The maximum Gasteiger partial charge on any atom is 0.169 e. The zero-order chi connectivity index (χ0) is 15.8. The third kappa shape index (κ3) is 3.63. The Hall–Kier alpha value is -0.240. The van der Waals surface area contributed by atoms with Crippen molar-refractivity contribution in [3.8, 4) is 0 Å². The van der Waals surface area contributed by atoms with Crippen molar-refractivity contribution in [1.82, 2.24) is 0 Å². The fourth-order valence-corrected chi connectivity index (χ4v) is 3.65. The molecule has 0 amide bonds. The lowest BCUT2D eigenvalue weighted by Crippen LogP contribution is -2.51. The molecule has 22 heavy (non-hydrogen) atoms. The molecular weight excluding hydrogens is 288 g/mol. The first-order valence-corrected chi connectivity index (χ1v) is 8.40. The SMILES string of the molecule is CC(C)(O)OCCC1OC[C@H](O)C2OC3(CCCCC3)O[C@H]12. The second-order valence-electron chi connectivity index (χ2n) is 7.16. The number of fused-ring (bicyclic) bond motifs is 1. The average molecular weight is 316 g/mol. The molecular formula is C16H28O6. The number of hydrogen-bond donors (Lipinski definition) is 2. The number of aliphatic hydroxyl groups excluding tert-OH is 1. The third-order valence-electron chi connectivity index (χ3n) is 4.73. The maximum absolute atomic E-state index is 10.2. The highest BCUT2D eigenvalue weighted by molar-refractivity contribution is 4.97. The van der Waals surface area contributed by atoms with E-state index in [4.69, 9.17) is 18.9 Å². The van der Waals surface area contributed by atoms with Crippen molar-refractivity contribution in [2.45, 2.75) is 88.4 Å². The van der Waals surface area contributed by atoms with Gasteiger partial charge in [0.05, 0.1) is 19.3 Å². The monoisotopic (exact) mass is 316 g/mol. The van der Waals surface area contributed by atoms with Crippen LogP contribution in [0.5, 0.6) is 0 Å². The van der Waals surface area contributed by atoms with Crippen LogP contribution in [0.25, 0.3) is 0 Å². The molecule has 3 fully saturated rings. The molecule has 0 aromatic carbocycles. The molecule has 0 radical (unpaired) electrons. The van der Waals surface area contributed by atoms with Crippen molar-refractivity contribution in [3.05, 3.63) is 0 Å². The van der Waals surface area contributed by atoms with Crippen molar-refractivity contribution in [1.29, 1.82) is 0 Å². The van der Waals surface area contributed by atoms with Gasteiger partial charge in [0.25, 0.3) is 0 Å². The molecule has 0 bridgehead atoms. The van der Waals surface area contributed by atoms with Gasteiger partial charge in [-0.1, -0.05) is 6.42 Å². The van der Waals surface area contributed by atoms with Gasteiger partial charge < -0.3 is 29.2 Å². The average Bonchev–Trinajstić information content (AvgIpc) is 2.81. The van der Waals surface area contributed by atoms with E-state index in [1.165, 1.54) is 6.42 Å². The van der Waals surface area contributed by atoms with E-state index in [0.29, 0.717) is 13.0 Å². The van der Waals surface area contributed by atoms with Crippen LogP contribution in [0, 0.1) is 0 Å². The van der Waals surface area contributed by atoms with E-state index in [9.17, 15) is 10.2 Å². The molecule has 1 saturated carbocycles. The minimum Gasteiger partial charge on any atom is -0.388 e. The molecule has 4 atom stereocenters. The van der Waals surface area contributed by atoms with Gasteiger partial charge in [0.1, 0.15) is 18.3 Å². The number of aliphatic hydroxyl groups is 2. The minimum atomic E-state index is -1.15. The van der Waals surface area contributed by atoms with E-state index in [1.807, 2.05) is 0 Å². The quantitative estimate of drug-likeness (QED) is 0.762. The topological polar surface area (TPSA) is 77.4 Å². The van der Waals surface area contributed by atoms with Crippen LogP contribution < -0.4 is 0 Å². The van der Waals surface area contributed by atoms with Crippen molar-refractivity contribution in [3.63, 3.8) is 0 Å². The Morgan fingerprint density at radius 2 is 1.82 bits per heavy atom. The molecule has 2 aliphatic heterocycles. The predicted octanol–water partition coefficient (Wildman–Crippen LogP) is 1.33. The summed E-state index contributed by atoms with van der Waals surface area (Å²) in [5.74, 6) is -1.68. The van der Waals surface area contributed by atoms with Gasteiger partial charge in [-0.25, -0.2) is 0 Å². The van der Waals surface area contributed by atoms with E-state index in [2.05, 4.69) is 0 Å². The molecule has 1 aliphatic carbocycles. The Morgan fingerprint density at radius 1 is 1.14 bits per heavy atom. The largest absolute Gasteiger partial charge is 0.388 e. The number of hydrogen-bond acceptors (Lipinski definition) is 6. The molecule has 2 unspecified atom stereocenters. The maximum atomic E-state index is 10.2. The van der Waals surface area contributed by atoms with Crippen LogP contribution in [0.15, 0.2) is 0 Å². The number of ether oxygens (including phenoxy) is 4. The second-order valence-corrected chi connectivity index (χ2v) is 7.16. The van der Waals surface area contributed by atoms with Crippen LogP contribution in [0.3, 0.4) is 0 Å². The van der Waals surface area contributed by atoms with Gasteiger partial charge in [-0.05, 0) is 33.1 Å². The Balaban J connectivity index is 1.61. The number of rotatable bonds is 4. The summed E-state index contributed by atoms with van der Waals surface area (Å²) in [6, 6.07) is 0. The molecule has 128 valence electrons. The normalized spacial score (nSPS) is 38.2. The van der Waals surface area contributed by atoms with E-state index >= 15 is 0 Å². The zero-order valence-corrected chi connectivity index (χ0v) is 13.5. The van der Waals surface area contributed by atoms with Gasteiger partial charge >= 0.3 is 0 Å². The van der Waals surface area contributed by atoms with Crippen molar-refractivity contribution in [2.75, 3.05) is 13.2 Å². The Kier molecular flexibility index (Phi) is 4.79. The Bertz CT molecular complexity index is 373. The van der Waals surface area contributed by atoms with Gasteiger partial charge in [-0.2, -0.15) is 0 Å². The zero-order valence-electron chi connectivity index (χ0n) is 13.5. The van der Waals surface area contributed by atoms with Gasteiger partial charge in [0.2, 0.25) is 0 Å². The molecule has 0 aromatic heterocycles. The summed E-state index contributed by atoms with van der Waals surface area (Å²) in [6.07, 6.45) is 4.41. The smallest absolute Gasteiger partial charge is 0.169 e. The van der Waals surface area contributed by atoms with E-state index < -0.39 is 17.7 Å². The first-order valence-electron chi connectivity index (χ1n) is 8.40. The molecule has 6 nitrogen and oxygen atoms in total. The second kappa shape index (κ2) is 6.34. The fourth-order valence-electron chi connectivity index (χ4n) is 3.65. The van der Waals surface area contributed by atoms with Crippen LogP contribution in [0.4, 0.5) is 0 Å². The molecule has 3 aliphatic rings. The van der Waals surface area contributed by atoms with E-state index in [0.717, 1.165) is 25.7 Å². The first kappa shape index (κ1) is 16.6. The summed E-state index contributed by atoms with van der Waals surface area (Å²) in [6.45, 7) is 3.85. The lowest BCUT2D eigenvalue weighted by atomic mass is 9.94. The predicted molar refractivity (Wildman–Crippen MR) is 78.2 cm³/mol. The van der Waals surface area contributed by atoms with E-state index in [-0.39, 0.29) is 24.9 Å². The Morgan fingerprint density at radius 3 is 2.50 bits per heavy atom. The highest BCUT2D eigenvalue weighted by Gasteiger charge is 2.55. The lowest BCUT2D eigenvalue weighted by molar-refractivity contribution is -0.203. The van der Waals surface area contributed by atoms with Crippen LogP contribution in [-0.2, 0) is 18.9 Å². The molecule has 2 N–H and O–H groups in total. The van der Waals surface area contributed by atoms with Crippen molar-refractivity contribution < 1.29 is 29.2 Å². The van der Waals surface area contributed by atoms with Crippen molar-refractivity contribution in [2.24, 2.45) is 0 Å². The standard InChI is InChI=1S/C16H28O6/c1-15(2,18)20-9-6-12-14-13(11(17)10-19-12)21-16(22-14)7-4-3-5-8-16/h11-14,17-18H,3-10H2,1-2H3/t11-,12?,13?,14+/m0/s1. The highest BCUT2D eigenvalue weighted by Crippen LogP contribution is 2.44. The van der Waals surface area contributed by atoms with Crippen LogP contribution in [-0.4, -0.2) is 59.4 Å². The summed E-state index contributed by atoms with van der Waals surface area (Å²) in [4.78, 5) is 0. The van der Waals surface area contributed by atoms with Crippen LogP contribution >= 0.6 is 0 Å². The summed E-state index contributed by atoms with van der Waals surface area (Å²) in [7, 11) is 0.